The highest BCUT2D eigenvalue weighted by Gasteiger charge is 2.30. The number of methoxy groups -OCH3 is 1. The maximum atomic E-state index is 13.9. The van der Waals surface area contributed by atoms with Crippen LogP contribution in [0.15, 0.2) is 71.5 Å². The van der Waals surface area contributed by atoms with Crippen LogP contribution in [0.2, 0.25) is 0 Å². The van der Waals surface area contributed by atoms with Gasteiger partial charge in [-0.15, -0.1) is 0 Å². The fourth-order valence-corrected chi connectivity index (χ4v) is 4.67. The van der Waals surface area contributed by atoms with E-state index in [9.17, 15) is 9.59 Å². The molecule has 4 rings (SSSR count). The molecule has 0 aliphatic rings. The van der Waals surface area contributed by atoms with Crippen molar-refractivity contribution in [3.8, 4) is 11.4 Å². The predicted molar refractivity (Wildman–Crippen MR) is 149 cm³/mol. The standard InChI is InChI=1S/C31H35N3O3/c1-7-28(33(19-20(2)3)30(35)23-13-16-25(37-6)17-14-23)29-32-27-11-9-8-10-26(27)31(36)34(29)24-15-12-21(4)22(5)18-24/h8-18,20,28H,7,19H2,1-6H3. The number of rotatable bonds is 8. The van der Waals surface area contributed by atoms with Crippen molar-refractivity contribution in [1.29, 1.82) is 0 Å². The maximum absolute atomic E-state index is 13.9. The summed E-state index contributed by atoms with van der Waals surface area (Å²) in [7, 11) is 1.60. The summed E-state index contributed by atoms with van der Waals surface area (Å²) in [5, 5.41) is 0.552. The van der Waals surface area contributed by atoms with Crippen LogP contribution in [-0.2, 0) is 0 Å². The number of fused-ring (bicyclic) bond motifs is 1. The average molecular weight is 498 g/mol. The molecule has 0 N–H and O–H groups in total. The third-order valence-corrected chi connectivity index (χ3v) is 6.77. The number of nitrogens with zero attached hydrogens (tertiary/aromatic N) is 3. The Bertz CT molecular complexity index is 1470. The molecule has 0 fully saturated rings. The number of amides is 1. The number of aromatic nitrogens is 2. The average Bonchev–Trinajstić information content (AvgIpc) is 2.90. The van der Waals surface area contributed by atoms with E-state index in [1.165, 1.54) is 0 Å². The summed E-state index contributed by atoms with van der Waals surface area (Å²) >= 11 is 0. The Balaban J connectivity index is 1.94. The van der Waals surface area contributed by atoms with E-state index in [-0.39, 0.29) is 17.4 Å². The summed E-state index contributed by atoms with van der Waals surface area (Å²) in [6.45, 7) is 10.8. The fourth-order valence-electron chi connectivity index (χ4n) is 4.67. The van der Waals surface area contributed by atoms with Crippen molar-refractivity contribution in [1.82, 2.24) is 14.5 Å². The molecule has 3 aromatic carbocycles. The molecule has 4 aromatic rings. The molecule has 1 unspecified atom stereocenters. The van der Waals surface area contributed by atoms with Crippen LogP contribution in [-0.4, -0.2) is 34.0 Å². The van der Waals surface area contributed by atoms with Crippen molar-refractivity contribution in [2.24, 2.45) is 5.92 Å². The first-order valence-corrected chi connectivity index (χ1v) is 12.8. The van der Waals surface area contributed by atoms with Gasteiger partial charge in [-0.25, -0.2) is 4.98 Å². The molecule has 6 nitrogen and oxygen atoms in total. The smallest absolute Gasteiger partial charge is 0.266 e. The van der Waals surface area contributed by atoms with Crippen LogP contribution in [0.3, 0.4) is 0 Å². The highest BCUT2D eigenvalue weighted by atomic mass is 16.5. The van der Waals surface area contributed by atoms with Gasteiger partial charge in [-0.05, 0) is 85.8 Å². The SMILES string of the molecule is CCC(c1nc2ccccc2c(=O)n1-c1ccc(C)c(C)c1)N(CC(C)C)C(=O)c1ccc(OC)cc1. The zero-order valence-electron chi connectivity index (χ0n) is 22.5. The number of benzene rings is 3. The highest BCUT2D eigenvalue weighted by molar-refractivity contribution is 5.94. The summed E-state index contributed by atoms with van der Waals surface area (Å²) in [5.74, 6) is 1.38. The van der Waals surface area contributed by atoms with Crippen LogP contribution in [0.25, 0.3) is 16.6 Å². The predicted octanol–water partition coefficient (Wildman–Crippen LogP) is 6.26. The van der Waals surface area contributed by atoms with Gasteiger partial charge in [-0.2, -0.15) is 0 Å². The zero-order valence-corrected chi connectivity index (χ0v) is 22.5. The molecule has 0 saturated heterocycles. The first-order chi connectivity index (χ1) is 17.7. The van der Waals surface area contributed by atoms with Gasteiger partial charge in [0, 0.05) is 12.1 Å². The van der Waals surface area contributed by atoms with Gasteiger partial charge >= 0.3 is 0 Å². The van der Waals surface area contributed by atoms with E-state index >= 15 is 0 Å². The van der Waals surface area contributed by atoms with Crippen molar-refractivity contribution < 1.29 is 9.53 Å². The molecule has 1 atom stereocenters. The third-order valence-electron chi connectivity index (χ3n) is 6.77. The van der Waals surface area contributed by atoms with Crippen LogP contribution in [0.4, 0.5) is 0 Å². The number of hydrogen-bond donors (Lipinski definition) is 0. The number of para-hydroxylation sites is 1. The fraction of sp³-hybridized carbons (Fsp3) is 0.323. The molecule has 1 heterocycles. The second-order valence-electron chi connectivity index (χ2n) is 9.90. The molecule has 6 heteroatoms. The lowest BCUT2D eigenvalue weighted by Crippen LogP contribution is -2.40. The van der Waals surface area contributed by atoms with E-state index < -0.39 is 6.04 Å². The topological polar surface area (TPSA) is 64.4 Å². The summed E-state index contributed by atoms with van der Waals surface area (Å²) in [6.07, 6.45) is 0.601. The van der Waals surface area contributed by atoms with E-state index in [0.29, 0.717) is 41.0 Å². The Labute approximate surface area is 218 Å². The lowest BCUT2D eigenvalue weighted by atomic mass is 10.0. The summed E-state index contributed by atoms with van der Waals surface area (Å²) in [4.78, 5) is 34.7. The van der Waals surface area contributed by atoms with E-state index in [2.05, 4.69) is 13.8 Å². The Morgan fingerprint density at radius 1 is 1.00 bits per heavy atom. The van der Waals surface area contributed by atoms with E-state index in [0.717, 1.165) is 16.8 Å². The van der Waals surface area contributed by atoms with Gasteiger partial charge in [-0.1, -0.05) is 39.0 Å². The quantitative estimate of drug-likeness (QED) is 0.288. The van der Waals surface area contributed by atoms with Gasteiger partial charge in [0.15, 0.2) is 0 Å². The maximum Gasteiger partial charge on any atom is 0.266 e. The van der Waals surface area contributed by atoms with E-state index in [1.54, 1.807) is 42.0 Å². The number of ether oxygens (including phenoxy) is 1. The van der Waals surface area contributed by atoms with Crippen molar-refractivity contribution >= 4 is 16.8 Å². The Hall–Kier alpha value is -3.93. The summed E-state index contributed by atoms with van der Waals surface area (Å²) in [5.41, 5.74) is 4.05. The number of carbonyl (C=O) groups excluding carboxylic acids is 1. The van der Waals surface area contributed by atoms with Crippen molar-refractivity contribution in [2.75, 3.05) is 13.7 Å². The second-order valence-corrected chi connectivity index (χ2v) is 9.90. The molecule has 37 heavy (non-hydrogen) atoms. The molecule has 192 valence electrons. The van der Waals surface area contributed by atoms with Crippen LogP contribution in [0, 0.1) is 19.8 Å². The molecule has 1 aromatic heterocycles. The molecule has 0 bridgehead atoms. The van der Waals surface area contributed by atoms with Gasteiger partial charge in [0.05, 0.1) is 29.7 Å². The molecular formula is C31H35N3O3. The van der Waals surface area contributed by atoms with Crippen LogP contribution in [0.5, 0.6) is 5.75 Å². The lowest BCUT2D eigenvalue weighted by Gasteiger charge is -2.33. The van der Waals surface area contributed by atoms with Crippen LogP contribution < -0.4 is 10.3 Å². The zero-order chi connectivity index (χ0) is 26.7. The minimum Gasteiger partial charge on any atom is -0.497 e. The minimum atomic E-state index is -0.407. The van der Waals surface area contributed by atoms with Gasteiger partial charge < -0.3 is 9.64 Å². The molecular weight excluding hydrogens is 462 g/mol. The normalized spacial score (nSPS) is 12.1. The van der Waals surface area contributed by atoms with Crippen molar-refractivity contribution in [3.63, 3.8) is 0 Å². The Kier molecular flexibility index (Phi) is 7.77. The summed E-state index contributed by atoms with van der Waals surface area (Å²) < 4.78 is 6.97. The first kappa shape index (κ1) is 26.1. The largest absolute Gasteiger partial charge is 0.497 e. The lowest BCUT2D eigenvalue weighted by molar-refractivity contribution is 0.0631. The molecule has 0 saturated carbocycles. The monoisotopic (exact) mass is 497 g/mol. The Morgan fingerprint density at radius 2 is 1.70 bits per heavy atom. The van der Waals surface area contributed by atoms with Crippen LogP contribution >= 0.6 is 0 Å². The van der Waals surface area contributed by atoms with Gasteiger partial charge in [-0.3, -0.25) is 14.2 Å². The van der Waals surface area contributed by atoms with Gasteiger partial charge in [0.25, 0.3) is 11.5 Å². The molecule has 1 amide bonds. The van der Waals surface area contributed by atoms with Crippen molar-refractivity contribution in [3.05, 3.63) is 99.6 Å². The Morgan fingerprint density at radius 3 is 2.32 bits per heavy atom. The molecule has 0 aliphatic carbocycles. The minimum absolute atomic E-state index is 0.0998. The third kappa shape index (κ3) is 5.29. The number of hydrogen-bond acceptors (Lipinski definition) is 4. The van der Waals surface area contributed by atoms with Crippen molar-refractivity contribution in [2.45, 2.75) is 47.1 Å². The number of carbonyl (C=O) groups is 1. The molecule has 0 spiro atoms. The molecule has 0 radical (unpaired) electrons. The second kappa shape index (κ2) is 11.0. The van der Waals surface area contributed by atoms with Gasteiger partial charge in [0.1, 0.15) is 11.6 Å². The summed E-state index contributed by atoms with van der Waals surface area (Å²) in [6, 6.07) is 20.1. The number of aryl methyl sites for hydroxylation is 2. The molecule has 0 aliphatic heterocycles. The van der Waals surface area contributed by atoms with E-state index in [1.807, 2.05) is 62.1 Å². The van der Waals surface area contributed by atoms with Gasteiger partial charge in [0.2, 0.25) is 0 Å². The van der Waals surface area contributed by atoms with E-state index in [4.69, 9.17) is 9.72 Å². The first-order valence-electron chi connectivity index (χ1n) is 12.8. The highest BCUT2D eigenvalue weighted by Crippen LogP contribution is 2.29. The van der Waals surface area contributed by atoms with Crippen LogP contribution in [0.1, 0.15) is 60.5 Å².